The van der Waals surface area contributed by atoms with Gasteiger partial charge in [-0.15, -0.1) is 0 Å². The minimum absolute atomic E-state index is 0.118. The summed E-state index contributed by atoms with van der Waals surface area (Å²) in [4.78, 5) is 13.3. The van der Waals surface area contributed by atoms with Gasteiger partial charge in [-0.1, -0.05) is 23.1 Å². The number of halogens is 2. The number of rotatable bonds is 1. The Kier molecular flexibility index (Phi) is 2.70. The molecule has 1 fully saturated rings. The maximum Gasteiger partial charge on any atom is 0.255 e. The molecule has 2 nitrogen and oxygen atoms in total. The molecule has 1 heterocycles. The van der Waals surface area contributed by atoms with Crippen LogP contribution in [-0.2, 0) is 0 Å². The Morgan fingerprint density at radius 3 is 2.69 bits per heavy atom. The lowest BCUT2D eigenvalue weighted by Gasteiger charge is -2.42. The van der Waals surface area contributed by atoms with Crippen LogP contribution in [0.3, 0.4) is 0 Å². The predicted octanol–water partition coefficient (Wildman–Crippen LogP) is 1.32. The number of hydrogen-bond donors (Lipinski definition) is 0. The number of carbonyl (C=O) groups is 1. The fourth-order valence-corrected chi connectivity index (χ4v) is 2.04. The van der Waals surface area contributed by atoms with Crippen molar-refractivity contribution in [3.05, 3.63) is 28.8 Å². The number of alkyl halides is 1. The van der Waals surface area contributed by atoms with E-state index in [1.54, 1.807) is 12.1 Å². The van der Waals surface area contributed by atoms with Crippen molar-refractivity contribution < 1.29 is 9.18 Å². The van der Waals surface area contributed by atoms with Crippen molar-refractivity contribution in [1.29, 1.82) is 0 Å². The first kappa shape index (κ1) is 11.5. The zero-order chi connectivity index (χ0) is 11.9. The third kappa shape index (κ3) is 2.07. The lowest BCUT2D eigenvalue weighted by atomic mass is 9.93. The van der Waals surface area contributed by atoms with Crippen LogP contribution in [-0.4, -0.2) is 37.4 Å². The molecular weight excluding hydrogens is 227 g/mol. The van der Waals surface area contributed by atoms with Gasteiger partial charge in [0.25, 0.3) is 5.91 Å². The number of nitrogens with zero attached hydrogens (tertiary/aromatic N) is 1. The fraction of sp³-hybridized carbons (Fsp3) is 0.364. The minimum Gasteiger partial charge on any atom is -0.332 e. The van der Waals surface area contributed by atoms with Crippen LogP contribution in [0.1, 0.15) is 17.3 Å². The standard InChI is InChI=1S/C11H10BClFNO/c1-11(14)5-15(6-11)10(16)8-3-2-7(12)4-9(8)13/h2-4H,5-6H2,1H3. The van der Waals surface area contributed by atoms with E-state index in [-0.39, 0.29) is 19.0 Å². The molecule has 0 spiro atoms. The van der Waals surface area contributed by atoms with Crippen LogP contribution in [0.25, 0.3) is 0 Å². The van der Waals surface area contributed by atoms with Gasteiger partial charge in [0.05, 0.1) is 23.7 Å². The summed E-state index contributed by atoms with van der Waals surface area (Å²) < 4.78 is 13.2. The quantitative estimate of drug-likeness (QED) is 0.675. The van der Waals surface area contributed by atoms with Crippen LogP contribution < -0.4 is 5.46 Å². The van der Waals surface area contributed by atoms with Crippen LogP contribution in [0, 0.1) is 0 Å². The highest BCUT2D eigenvalue weighted by Gasteiger charge is 2.42. The highest BCUT2D eigenvalue weighted by atomic mass is 35.5. The van der Waals surface area contributed by atoms with E-state index >= 15 is 0 Å². The van der Waals surface area contributed by atoms with Crippen molar-refractivity contribution in [3.8, 4) is 0 Å². The first-order valence-electron chi connectivity index (χ1n) is 4.92. The Labute approximate surface area is 99.8 Å². The first-order chi connectivity index (χ1) is 7.39. The van der Waals surface area contributed by atoms with Crippen LogP contribution in [0.2, 0.25) is 5.02 Å². The van der Waals surface area contributed by atoms with E-state index in [0.29, 0.717) is 16.0 Å². The predicted molar refractivity (Wildman–Crippen MR) is 62.3 cm³/mol. The third-order valence-corrected chi connectivity index (χ3v) is 2.86. The molecule has 0 unspecified atom stereocenters. The van der Waals surface area contributed by atoms with Gasteiger partial charge >= 0.3 is 0 Å². The Morgan fingerprint density at radius 2 is 2.19 bits per heavy atom. The van der Waals surface area contributed by atoms with Crippen LogP contribution in [0.4, 0.5) is 4.39 Å². The maximum absolute atomic E-state index is 13.2. The number of carbonyl (C=O) groups excluding carboxylic acids is 1. The molecular formula is C11H10BClFNO. The van der Waals surface area contributed by atoms with Crippen LogP contribution in [0.5, 0.6) is 0 Å². The van der Waals surface area contributed by atoms with Crippen molar-refractivity contribution >= 4 is 30.8 Å². The zero-order valence-corrected chi connectivity index (χ0v) is 9.59. The molecule has 2 radical (unpaired) electrons. The van der Waals surface area contributed by atoms with E-state index in [2.05, 4.69) is 0 Å². The molecule has 1 amide bonds. The molecule has 1 aromatic carbocycles. The number of hydrogen-bond acceptors (Lipinski definition) is 1. The summed E-state index contributed by atoms with van der Waals surface area (Å²) in [6.45, 7) is 1.71. The summed E-state index contributed by atoms with van der Waals surface area (Å²) in [5.74, 6) is -0.250. The maximum atomic E-state index is 13.2. The smallest absolute Gasteiger partial charge is 0.255 e. The van der Waals surface area contributed by atoms with Gasteiger partial charge in [-0.25, -0.2) is 4.39 Å². The second kappa shape index (κ2) is 3.77. The molecule has 1 aliphatic heterocycles. The van der Waals surface area contributed by atoms with Crippen molar-refractivity contribution in [1.82, 2.24) is 4.90 Å². The van der Waals surface area contributed by atoms with Crippen molar-refractivity contribution in [2.45, 2.75) is 12.6 Å². The second-order valence-corrected chi connectivity index (χ2v) is 4.72. The molecule has 0 saturated carbocycles. The second-order valence-electron chi connectivity index (χ2n) is 4.31. The topological polar surface area (TPSA) is 20.3 Å². The number of likely N-dealkylation sites (tertiary alicyclic amines) is 1. The molecule has 0 aromatic heterocycles. The van der Waals surface area contributed by atoms with E-state index in [4.69, 9.17) is 19.4 Å². The van der Waals surface area contributed by atoms with Crippen LogP contribution in [0.15, 0.2) is 18.2 Å². The molecule has 1 aliphatic rings. The van der Waals surface area contributed by atoms with Crippen molar-refractivity contribution in [2.24, 2.45) is 0 Å². The molecule has 16 heavy (non-hydrogen) atoms. The van der Waals surface area contributed by atoms with Gasteiger partial charge in [0.15, 0.2) is 0 Å². The average Bonchev–Trinajstić information content (AvgIpc) is 2.13. The van der Waals surface area contributed by atoms with Gasteiger partial charge < -0.3 is 4.90 Å². The van der Waals surface area contributed by atoms with Crippen LogP contribution >= 0.6 is 11.6 Å². The summed E-state index contributed by atoms with van der Waals surface area (Å²) >= 11 is 5.90. The van der Waals surface area contributed by atoms with E-state index in [9.17, 15) is 9.18 Å². The van der Waals surface area contributed by atoms with Gasteiger partial charge in [-0.3, -0.25) is 4.79 Å². The van der Waals surface area contributed by atoms with Gasteiger partial charge in [-0.2, -0.15) is 0 Å². The Hall–Kier alpha value is -1.03. The van der Waals surface area contributed by atoms with E-state index < -0.39 is 5.67 Å². The van der Waals surface area contributed by atoms with Crippen molar-refractivity contribution in [3.63, 3.8) is 0 Å². The highest BCUT2D eigenvalue weighted by Crippen LogP contribution is 2.27. The van der Waals surface area contributed by atoms with Gasteiger partial charge in [0.1, 0.15) is 13.5 Å². The monoisotopic (exact) mass is 237 g/mol. The summed E-state index contributed by atoms with van der Waals surface area (Å²) in [6.07, 6.45) is 0. The Morgan fingerprint density at radius 1 is 1.56 bits per heavy atom. The van der Waals surface area contributed by atoms with Gasteiger partial charge in [0, 0.05) is 0 Å². The largest absolute Gasteiger partial charge is 0.332 e. The number of amides is 1. The fourth-order valence-electron chi connectivity index (χ4n) is 1.77. The average molecular weight is 237 g/mol. The first-order valence-corrected chi connectivity index (χ1v) is 5.30. The SMILES string of the molecule is [B]c1ccc(C(=O)N2CC(C)(F)C2)c(Cl)c1. The minimum atomic E-state index is -1.27. The summed E-state index contributed by atoms with van der Waals surface area (Å²) in [7, 11) is 5.52. The lowest BCUT2D eigenvalue weighted by molar-refractivity contribution is -0.00784. The third-order valence-electron chi connectivity index (χ3n) is 2.55. The summed E-state index contributed by atoms with van der Waals surface area (Å²) in [5.41, 5.74) is -0.400. The Balaban J connectivity index is 2.16. The van der Waals surface area contributed by atoms with E-state index in [0.717, 1.165) is 0 Å². The summed E-state index contributed by atoms with van der Waals surface area (Å²) in [6, 6.07) is 4.69. The molecule has 2 rings (SSSR count). The molecule has 1 aromatic rings. The summed E-state index contributed by atoms with van der Waals surface area (Å²) in [5, 5.41) is 0.303. The molecule has 82 valence electrons. The van der Waals surface area contributed by atoms with Crippen molar-refractivity contribution in [2.75, 3.05) is 13.1 Å². The van der Waals surface area contributed by atoms with E-state index in [1.807, 2.05) is 0 Å². The Bertz CT molecular complexity index is 442. The molecule has 1 saturated heterocycles. The van der Waals surface area contributed by atoms with E-state index in [1.165, 1.54) is 17.9 Å². The highest BCUT2D eigenvalue weighted by molar-refractivity contribution is 6.38. The van der Waals surface area contributed by atoms with Gasteiger partial charge in [-0.05, 0) is 19.1 Å². The number of benzene rings is 1. The molecule has 0 N–H and O–H groups in total. The zero-order valence-electron chi connectivity index (χ0n) is 8.84. The normalized spacial score (nSPS) is 18.1. The van der Waals surface area contributed by atoms with Gasteiger partial charge in [0.2, 0.25) is 0 Å². The molecule has 0 bridgehead atoms. The lowest BCUT2D eigenvalue weighted by Crippen LogP contribution is -2.59. The molecule has 0 aliphatic carbocycles. The molecule has 5 heteroatoms. The molecule has 0 atom stereocenters.